The van der Waals surface area contributed by atoms with Crippen LogP contribution < -0.4 is 10.6 Å². The number of hydrogen-bond donors (Lipinski definition) is 2. The Morgan fingerprint density at radius 1 is 0.949 bits per heavy atom. The third-order valence-electron chi connectivity index (χ3n) is 6.14. The van der Waals surface area contributed by atoms with Gasteiger partial charge in [0.05, 0.1) is 12.5 Å². The van der Waals surface area contributed by atoms with E-state index >= 15 is 0 Å². The number of halogens is 2. The van der Waals surface area contributed by atoms with Gasteiger partial charge in [-0.2, -0.15) is 0 Å². The molecule has 3 rings (SSSR count). The van der Waals surface area contributed by atoms with Gasteiger partial charge in [0.2, 0.25) is 18.7 Å². The smallest absolute Gasteiger partial charge is 0.227 e. The highest BCUT2D eigenvalue weighted by atomic mass is 19.1. The van der Waals surface area contributed by atoms with Crippen LogP contribution in [-0.4, -0.2) is 73.5 Å². The topological polar surface area (TPSA) is 85.0 Å². The highest BCUT2D eigenvalue weighted by Gasteiger charge is 2.34. The number of carbonyl (C=O) groups excluding carboxylic acids is 3. The molecule has 0 aliphatic carbocycles. The molecule has 1 aliphatic rings. The maximum Gasteiger partial charge on any atom is 0.227 e. The molecule has 1 fully saturated rings. The van der Waals surface area contributed by atoms with Crippen LogP contribution in [0.4, 0.5) is 8.78 Å². The number of hydrogen-bond acceptors (Lipinski definition) is 5. The van der Waals surface area contributed by atoms with Gasteiger partial charge in [-0.1, -0.05) is 51.5 Å². The van der Waals surface area contributed by atoms with Gasteiger partial charge in [0.1, 0.15) is 17.8 Å². The van der Waals surface area contributed by atoms with Gasteiger partial charge in [-0.15, -0.1) is 0 Å². The van der Waals surface area contributed by atoms with Gasteiger partial charge in [-0.25, -0.2) is 13.8 Å². The van der Waals surface area contributed by atoms with Crippen molar-refractivity contribution >= 4 is 18.7 Å². The Morgan fingerprint density at radius 2 is 1.51 bits per heavy atom. The van der Waals surface area contributed by atoms with E-state index < -0.39 is 6.17 Å². The van der Waals surface area contributed by atoms with Crippen molar-refractivity contribution in [2.24, 2.45) is 5.92 Å². The molecule has 0 saturated carbocycles. The van der Waals surface area contributed by atoms with E-state index in [4.69, 9.17) is 0 Å². The monoisotopic (exact) mass is 547 g/mol. The SMILES string of the molecule is CC.CCC[C@@H]1CN(C)N(C=O)C(NC=O)CN(CCc2ccc(F)cc2)C1=O.CNCc1ccc(F)cc1. The molecule has 1 unspecified atom stereocenters. The minimum Gasteiger partial charge on any atom is -0.338 e. The second-order valence-corrected chi connectivity index (χ2v) is 8.93. The van der Waals surface area contributed by atoms with Crippen molar-refractivity contribution < 1.29 is 23.2 Å². The molecule has 2 atom stereocenters. The summed E-state index contributed by atoms with van der Waals surface area (Å²) in [6, 6.07) is 12.6. The molecule has 0 bridgehead atoms. The summed E-state index contributed by atoms with van der Waals surface area (Å²) in [6.45, 7) is 7.83. The molecule has 8 nitrogen and oxygen atoms in total. The van der Waals surface area contributed by atoms with Crippen LogP contribution in [-0.2, 0) is 27.3 Å². The van der Waals surface area contributed by atoms with Gasteiger partial charge in [0.25, 0.3) is 0 Å². The molecule has 2 aromatic rings. The fourth-order valence-corrected chi connectivity index (χ4v) is 4.22. The third kappa shape index (κ3) is 11.5. The second-order valence-electron chi connectivity index (χ2n) is 8.93. The Morgan fingerprint density at radius 3 is 2.00 bits per heavy atom. The first-order valence-corrected chi connectivity index (χ1v) is 13.4. The second kappa shape index (κ2) is 18.8. The molecule has 1 saturated heterocycles. The fourth-order valence-electron chi connectivity index (χ4n) is 4.22. The average molecular weight is 548 g/mol. The molecular formula is C29H43F2N5O3. The normalized spacial score (nSPS) is 17.6. The van der Waals surface area contributed by atoms with E-state index in [9.17, 15) is 23.2 Å². The summed E-state index contributed by atoms with van der Waals surface area (Å²) in [5, 5.41) is 8.69. The lowest BCUT2D eigenvalue weighted by Crippen LogP contribution is -2.62. The van der Waals surface area contributed by atoms with Gasteiger partial charge < -0.3 is 15.5 Å². The Kier molecular flexibility index (Phi) is 16.2. The number of rotatable bonds is 10. The van der Waals surface area contributed by atoms with Crippen molar-refractivity contribution in [1.82, 2.24) is 25.6 Å². The molecule has 0 radical (unpaired) electrons. The van der Waals surface area contributed by atoms with E-state index in [2.05, 4.69) is 10.6 Å². The van der Waals surface area contributed by atoms with E-state index in [-0.39, 0.29) is 30.0 Å². The molecule has 2 N–H and O–H groups in total. The van der Waals surface area contributed by atoms with Gasteiger partial charge in [0.15, 0.2) is 0 Å². The van der Waals surface area contributed by atoms with Crippen LogP contribution in [0.3, 0.4) is 0 Å². The van der Waals surface area contributed by atoms with Crippen molar-refractivity contribution in [3.8, 4) is 0 Å². The van der Waals surface area contributed by atoms with E-state index in [0.29, 0.717) is 38.8 Å². The maximum absolute atomic E-state index is 13.1. The van der Waals surface area contributed by atoms with Crippen LogP contribution in [0.25, 0.3) is 0 Å². The van der Waals surface area contributed by atoms with Crippen molar-refractivity contribution in [3.63, 3.8) is 0 Å². The minimum atomic E-state index is -0.634. The van der Waals surface area contributed by atoms with Crippen molar-refractivity contribution in [3.05, 3.63) is 71.3 Å². The largest absolute Gasteiger partial charge is 0.338 e. The quantitative estimate of drug-likeness (QED) is 0.445. The number of amides is 3. The molecular weight excluding hydrogens is 504 g/mol. The molecule has 10 heteroatoms. The van der Waals surface area contributed by atoms with Crippen molar-refractivity contribution in [2.45, 2.75) is 52.7 Å². The lowest BCUT2D eigenvalue weighted by molar-refractivity contribution is -0.157. The van der Waals surface area contributed by atoms with E-state index in [0.717, 1.165) is 24.1 Å². The van der Waals surface area contributed by atoms with Crippen LogP contribution >= 0.6 is 0 Å². The molecule has 2 aromatic carbocycles. The predicted molar refractivity (Wildman–Crippen MR) is 149 cm³/mol. The maximum atomic E-state index is 13.1. The van der Waals surface area contributed by atoms with Crippen LogP contribution in [0.5, 0.6) is 0 Å². The first kappa shape index (κ1) is 33.7. The molecule has 1 heterocycles. The van der Waals surface area contributed by atoms with E-state index in [1.807, 2.05) is 27.8 Å². The number of nitrogens with zero attached hydrogens (tertiary/aromatic N) is 3. The Balaban J connectivity index is 0.000000528. The average Bonchev–Trinajstić information content (AvgIpc) is 2.94. The van der Waals surface area contributed by atoms with Crippen LogP contribution in [0.1, 0.15) is 44.7 Å². The molecule has 39 heavy (non-hydrogen) atoms. The summed E-state index contributed by atoms with van der Waals surface area (Å²) >= 11 is 0. The van der Waals surface area contributed by atoms with Crippen LogP contribution in [0.15, 0.2) is 48.5 Å². The van der Waals surface area contributed by atoms with Crippen LogP contribution in [0.2, 0.25) is 0 Å². The van der Waals surface area contributed by atoms with Crippen molar-refractivity contribution in [2.75, 3.05) is 33.7 Å². The van der Waals surface area contributed by atoms with Gasteiger partial charge >= 0.3 is 0 Å². The lowest BCUT2D eigenvalue weighted by Gasteiger charge is -2.42. The Hall–Kier alpha value is -3.37. The van der Waals surface area contributed by atoms with Crippen molar-refractivity contribution in [1.29, 1.82) is 0 Å². The minimum absolute atomic E-state index is 0.00839. The number of benzene rings is 2. The Bertz CT molecular complexity index is 976. The number of nitrogens with one attached hydrogen (secondary N) is 2. The summed E-state index contributed by atoms with van der Waals surface area (Å²) in [6.07, 6.45) is 2.70. The highest BCUT2D eigenvalue weighted by molar-refractivity contribution is 5.79. The molecule has 1 aliphatic heterocycles. The standard InChI is InChI=1S/C19H27FN4O3.C8H10FN.C2H6/c1-3-4-16-11-22(2)24(14-26)18(21-13-25)12-23(19(16)27)10-9-15-5-7-17(20)8-6-15;1-10-6-7-2-4-8(9)5-3-7;1-2/h5-8,13-14,16,18H,3-4,9-12H2,1-2H3,(H,21,25);2-5,10H,6H2,1H3;1-2H3/t16-,18?;;/m1../s1. The lowest BCUT2D eigenvalue weighted by atomic mass is 10.0. The van der Waals surface area contributed by atoms with Gasteiger partial charge in [0, 0.05) is 26.7 Å². The van der Waals surface area contributed by atoms with Crippen LogP contribution in [0, 0.1) is 17.6 Å². The zero-order valence-corrected chi connectivity index (χ0v) is 23.7. The van der Waals surface area contributed by atoms with E-state index in [1.165, 1.54) is 29.3 Å². The summed E-state index contributed by atoms with van der Waals surface area (Å²) in [5.74, 6) is -0.703. The van der Waals surface area contributed by atoms with E-state index in [1.54, 1.807) is 41.2 Å². The van der Waals surface area contributed by atoms with Gasteiger partial charge in [-0.05, 0) is 55.3 Å². The van der Waals surface area contributed by atoms with Gasteiger partial charge in [-0.3, -0.25) is 19.4 Å². The number of hydrazine groups is 1. The summed E-state index contributed by atoms with van der Waals surface area (Å²) < 4.78 is 25.4. The zero-order valence-electron chi connectivity index (χ0n) is 23.7. The fraction of sp³-hybridized carbons (Fsp3) is 0.483. The predicted octanol–water partition coefficient (Wildman–Crippen LogP) is 3.58. The zero-order chi connectivity index (χ0) is 29.2. The first-order chi connectivity index (χ1) is 18.8. The summed E-state index contributed by atoms with van der Waals surface area (Å²) in [7, 11) is 3.60. The molecule has 3 amide bonds. The molecule has 0 aromatic heterocycles. The highest BCUT2D eigenvalue weighted by Crippen LogP contribution is 2.18. The first-order valence-electron chi connectivity index (χ1n) is 13.4. The molecule has 0 spiro atoms. The molecule has 216 valence electrons. The number of carbonyl (C=O) groups is 3. The third-order valence-corrected chi connectivity index (χ3v) is 6.14. The summed E-state index contributed by atoms with van der Waals surface area (Å²) in [4.78, 5) is 37.3. The Labute approximate surface area is 231 Å². The summed E-state index contributed by atoms with van der Waals surface area (Å²) in [5.41, 5.74) is 2.02.